The average Bonchev–Trinajstić information content (AvgIpc) is 3.32. The van der Waals surface area contributed by atoms with E-state index in [0.29, 0.717) is 16.7 Å². The number of nitrogens with zero attached hydrogens (tertiary/aromatic N) is 1. The van der Waals surface area contributed by atoms with Crippen LogP contribution >= 0.6 is 23.8 Å². The number of furan rings is 1. The zero-order valence-corrected chi connectivity index (χ0v) is 17.7. The number of aryl methyl sites for hydroxylation is 1. The van der Waals surface area contributed by atoms with E-state index in [9.17, 15) is 0 Å². The Labute approximate surface area is 180 Å². The van der Waals surface area contributed by atoms with Gasteiger partial charge < -0.3 is 19.6 Å². The summed E-state index contributed by atoms with van der Waals surface area (Å²) in [5.41, 5.74) is 4.54. The van der Waals surface area contributed by atoms with Crippen LogP contribution in [0.15, 0.2) is 71.3 Å². The SMILES string of the molecule is Cc1[nH]c2ccccc2c1CCN(Cc1ccco1)C(=S)Nc1cccc(Cl)c1. The fraction of sp³-hybridized carbons (Fsp3) is 0.174. The quantitative estimate of drug-likeness (QED) is 0.364. The van der Waals surface area contributed by atoms with E-state index in [4.69, 9.17) is 28.2 Å². The molecule has 0 aliphatic rings. The molecule has 0 aliphatic carbocycles. The molecule has 0 amide bonds. The Bertz CT molecular complexity index is 1120. The van der Waals surface area contributed by atoms with Crippen molar-refractivity contribution in [1.82, 2.24) is 9.88 Å². The van der Waals surface area contributed by atoms with Crippen LogP contribution in [0.5, 0.6) is 0 Å². The second-order valence-electron chi connectivity index (χ2n) is 6.97. The molecule has 4 aromatic rings. The van der Waals surface area contributed by atoms with Gasteiger partial charge in [-0.3, -0.25) is 0 Å². The van der Waals surface area contributed by atoms with Crippen molar-refractivity contribution < 1.29 is 4.42 Å². The number of aromatic amines is 1. The number of halogens is 1. The molecule has 4 nitrogen and oxygen atoms in total. The van der Waals surface area contributed by atoms with Crippen molar-refractivity contribution in [3.63, 3.8) is 0 Å². The fourth-order valence-electron chi connectivity index (χ4n) is 3.52. The molecule has 4 rings (SSSR count). The van der Waals surface area contributed by atoms with Gasteiger partial charge in [-0.2, -0.15) is 0 Å². The van der Waals surface area contributed by atoms with Crippen molar-refractivity contribution in [2.75, 3.05) is 11.9 Å². The molecule has 0 fully saturated rings. The maximum Gasteiger partial charge on any atom is 0.173 e. The van der Waals surface area contributed by atoms with Gasteiger partial charge in [0.25, 0.3) is 0 Å². The molecular formula is C23H22ClN3OS. The van der Waals surface area contributed by atoms with Crippen molar-refractivity contribution in [3.05, 3.63) is 89.0 Å². The lowest BCUT2D eigenvalue weighted by Crippen LogP contribution is -2.35. The van der Waals surface area contributed by atoms with Crippen LogP contribution in [0, 0.1) is 6.92 Å². The van der Waals surface area contributed by atoms with Gasteiger partial charge >= 0.3 is 0 Å². The Morgan fingerprint density at radius 1 is 1.14 bits per heavy atom. The Kier molecular flexibility index (Phi) is 5.88. The summed E-state index contributed by atoms with van der Waals surface area (Å²) in [6.07, 6.45) is 2.55. The highest BCUT2D eigenvalue weighted by molar-refractivity contribution is 7.80. The van der Waals surface area contributed by atoms with Gasteiger partial charge in [0.15, 0.2) is 5.11 Å². The lowest BCUT2D eigenvalue weighted by Gasteiger charge is -2.25. The molecule has 0 atom stereocenters. The lowest BCUT2D eigenvalue weighted by atomic mass is 10.1. The molecular weight excluding hydrogens is 402 g/mol. The van der Waals surface area contributed by atoms with Crippen molar-refractivity contribution in [3.8, 4) is 0 Å². The second kappa shape index (κ2) is 8.72. The zero-order valence-electron chi connectivity index (χ0n) is 16.1. The van der Waals surface area contributed by atoms with Gasteiger partial charge in [-0.05, 0) is 67.5 Å². The molecule has 0 unspecified atom stereocenters. The first-order valence-corrected chi connectivity index (χ1v) is 10.3. The molecule has 0 saturated carbocycles. The third-order valence-corrected chi connectivity index (χ3v) is 5.54. The summed E-state index contributed by atoms with van der Waals surface area (Å²) >= 11 is 11.8. The summed E-state index contributed by atoms with van der Waals surface area (Å²) in [5, 5.41) is 5.87. The summed E-state index contributed by atoms with van der Waals surface area (Å²) in [4.78, 5) is 5.59. The molecule has 2 N–H and O–H groups in total. The van der Waals surface area contributed by atoms with E-state index in [2.05, 4.69) is 46.4 Å². The van der Waals surface area contributed by atoms with E-state index in [1.807, 2.05) is 36.4 Å². The number of hydrogen-bond acceptors (Lipinski definition) is 2. The Morgan fingerprint density at radius 3 is 2.79 bits per heavy atom. The first-order chi connectivity index (χ1) is 14.1. The van der Waals surface area contributed by atoms with Gasteiger partial charge in [0.2, 0.25) is 0 Å². The fourth-order valence-corrected chi connectivity index (χ4v) is 3.98. The van der Waals surface area contributed by atoms with Crippen molar-refractivity contribution in [2.45, 2.75) is 19.9 Å². The molecule has 148 valence electrons. The van der Waals surface area contributed by atoms with Crippen molar-refractivity contribution in [1.29, 1.82) is 0 Å². The molecule has 0 aliphatic heterocycles. The van der Waals surface area contributed by atoms with Gasteiger partial charge in [0.05, 0.1) is 12.8 Å². The van der Waals surface area contributed by atoms with Crippen LogP contribution in [-0.2, 0) is 13.0 Å². The highest BCUT2D eigenvalue weighted by Crippen LogP contribution is 2.23. The van der Waals surface area contributed by atoms with Crippen LogP contribution in [0.3, 0.4) is 0 Å². The van der Waals surface area contributed by atoms with E-state index in [-0.39, 0.29) is 0 Å². The number of rotatable bonds is 6. The highest BCUT2D eigenvalue weighted by Gasteiger charge is 2.15. The summed E-state index contributed by atoms with van der Waals surface area (Å²) < 4.78 is 5.56. The molecule has 2 heterocycles. The first kappa shape index (κ1) is 19.6. The Morgan fingerprint density at radius 2 is 2.00 bits per heavy atom. The number of H-pyrrole nitrogens is 1. The first-order valence-electron chi connectivity index (χ1n) is 9.50. The minimum absolute atomic E-state index is 0.598. The maximum atomic E-state index is 6.11. The van der Waals surface area contributed by atoms with Crippen molar-refractivity contribution in [2.24, 2.45) is 0 Å². The number of para-hydroxylation sites is 1. The second-order valence-corrected chi connectivity index (χ2v) is 7.79. The molecule has 29 heavy (non-hydrogen) atoms. The normalized spacial score (nSPS) is 11.0. The smallest absolute Gasteiger partial charge is 0.173 e. The van der Waals surface area contributed by atoms with E-state index in [1.54, 1.807) is 6.26 Å². The van der Waals surface area contributed by atoms with Crippen molar-refractivity contribution >= 4 is 45.5 Å². The minimum Gasteiger partial charge on any atom is -0.467 e. The summed E-state index contributed by atoms with van der Waals surface area (Å²) in [6, 6.07) is 19.8. The number of anilines is 1. The van der Waals surface area contributed by atoms with Crippen LogP contribution in [-0.4, -0.2) is 21.5 Å². The number of thiocarbonyl (C=S) groups is 1. The van der Waals surface area contributed by atoms with Crippen LogP contribution in [0.25, 0.3) is 10.9 Å². The topological polar surface area (TPSA) is 44.2 Å². The van der Waals surface area contributed by atoms with Crippen LogP contribution in [0.1, 0.15) is 17.0 Å². The van der Waals surface area contributed by atoms with E-state index < -0.39 is 0 Å². The lowest BCUT2D eigenvalue weighted by molar-refractivity contribution is 0.368. The number of benzene rings is 2. The van der Waals surface area contributed by atoms with Crippen LogP contribution < -0.4 is 5.32 Å². The molecule has 0 bridgehead atoms. The Hall–Kier alpha value is -2.76. The maximum absolute atomic E-state index is 6.11. The molecule has 2 aromatic carbocycles. The van der Waals surface area contributed by atoms with E-state index >= 15 is 0 Å². The predicted octanol–water partition coefficient (Wildman–Crippen LogP) is 6.16. The van der Waals surface area contributed by atoms with E-state index in [0.717, 1.165) is 29.9 Å². The predicted molar refractivity (Wildman–Crippen MR) is 124 cm³/mol. The number of hydrogen-bond donors (Lipinski definition) is 2. The number of fused-ring (bicyclic) bond motifs is 1. The Balaban J connectivity index is 1.53. The van der Waals surface area contributed by atoms with E-state index in [1.165, 1.54) is 16.6 Å². The number of nitrogens with one attached hydrogen (secondary N) is 2. The molecule has 0 radical (unpaired) electrons. The van der Waals surface area contributed by atoms with Gasteiger partial charge in [0.1, 0.15) is 5.76 Å². The largest absolute Gasteiger partial charge is 0.467 e. The standard InChI is InChI=1S/C23H22ClN3OS/c1-16-20(21-9-2-3-10-22(21)25-16)11-12-27(15-19-8-5-13-28-19)23(29)26-18-7-4-6-17(24)14-18/h2-10,13-14,25H,11-12,15H2,1H3,(H,26,29). The highest BCUT2D eigenvalue weighted by atomic mass is 35.5. The van der Waals surface area contributed by atoms with Gasteiger partial charge in [-0.1, -0.05) is 35.9 Å². The molecule has 0 spiro atoms. The zero-order chi connectivity index (χ0) is 20.2. The van der Waals surface area contributed by atoms with Crippen LogP contribution in [0.2, 0.25) is 5.02 Å². The summed E-state index contributed by atoms with van der Waals surface area (Å²) in [7, 11) is 0. The van der Waals surface area contributed by atoms with Gasteiger partial charge in [0, 0.05) is 33.9 Å². The van der Waals surface area contributed by atoms with Gasteiger partial charge in [-0.25, -0.2) is 0 Å². The molecule has 6 heteroatoms. The number of aromatic nitrogens is 1. The molecule has 2 aromatic heterocycles. The monoisotopic (exact) mass is 423 g/mol. The third kappa shape index (κ3) is 4.63. The van der Waals surface area contributed by atoms with Gasteiger partial charge in [-0.15, -0.1) is 0 Å². The third-order valence-electron chi connectivity index (χ3n) is 4.95. The summed E-state index contributed by atoms with van der Waals surface area (Å²) in [6.45, 7) is 3.48. The summed E-state index contributed by atoms with van der Waals surface area (Å²) in [5.74, 6) is 0.871. The average molecular weight is 424 g/mol. The van der Waals surface area contributed by atoms with Crippen LogP contribution in [0.4, 0.5) is 5.69 Å². The molecule has 0 saturated heterocycles. The minimum atomic E-state index is 0.598.